The summed E-state index contributed by atoms with van der Waals surface area (Å²) in [4.78, 5) is 15.7. The van der Waals surface area contributed by atoms with Crippen molar-refractivity contribution in [3.63, 3.8) is 0 Å². The fraction of sp³-hybridized carbons (Fsp3) is 0.267. The predicted molar refractivity (Wildman–Crippen MR) is 78.9 cm³/mol. The molecule has 0 saturated carbocycles. The van der Waals surface area contributed by atoms with E-state index < -0.39 is 5.97 Å². The Bertz CT molecular complexity index is 829. The molecule has 6 heteroatoms. The predicted octanol–water partition coefficient (Wildman–Crippen LogP) is 2.58. The summed E-state index contributed by atoms with van der Waals surface area (Å²) in [5.41, 5.74) is 1.77. The van der Waals surface area contributed by atoms with Gasteiger partial charge in [-0.2, -0.15) is 5.10 Å². The van der Waals surface area contributed by atoms with Gasteiger partial charge in [0.05, 0.1) is 16.6 Å². The van der Waals surface area contributed by atoms with Gasteiger partial charge in [-0.25, -0.2) is 9.78 Å². The number of carboxylic acids is 1. The minimum atomic E-state index is -0.949. The summed E-state index contributed by atoms with van der Waals surface area (Å²) in [5.74, 6) is 0.904. The number of aromatic carboxylic acids is 1. The molecule has 0 fully saturated rings. The van der Waals surface area contributed by atoms with Crippen molar-refractivity contribution in [3.8, 4) is 5.82 Å². The highest BCUT2D eigenvalue weighted by Gasteiger charge is 2.17. The first-order valence-electron chi connectivity index (χ1n) is 6.73. The van der Waals surface area contributed by atoms with Crippen molar-refractivity contribution in [2.75, 3.05) is 0 Å². The summed E-state index contributed by atoms with van der Waals surface area (Å²) < 4.78 is 3.71. The summed E-state index contributed by atoms with van der Waals surface area (Å²) >= 11 is 0. The second-order valence-electron chi connectivity index (χ2n) is 5.32. The number of carbonyl (C=O) groups is 1. The quantitative estimate of drug-likeness (QED) is 0.802. The van der Waals surface area contributed by atoms with Crippen molar-refractivity contribution in [1.29, 1.82) is 0 Å². The third-order valence-electron chi connectivity index (χ3n) is 3.37. The molecule has 0 radical (unpaired) electrons. The Morgan fingerprint density at radius 3 is 2.62 bits per heavy atom. The van der Waals surface area contributed by atoms with E-state index in [-0.39, 0.29) is 11.5 Å². The van der Waals surface area contributed by atoms with Gasteiger partial charge in [0.2, 0.25) is 0 Å². The molecule has 0 atom stereocenters. The van der Waals surface area contributed by atoms with Gasteiger partial charge in [-0.1, -0.05) is 13.8 Å². The molecule has 0 unspecified atom stereocenters. The molecule has 0 spiro atoms. The summed E-state index contributed by atoms with van der Waals surface area (Å²) in [6.07, 6.45) is 1.87. The normalized spacial score (nSPS) is 11.4. The maximum absolute atomic E-state index is 11.1. The number of aromatic nitrogens is 4. The third kappa shape index (κ3) is 2.18. The van der Waals surface area contributed by atoms with E-state index in [1.165, 1.54) is 0 Å². The standard InChI is InChI=1S/C15H16N4O2/c1-9(2)14-16-11-8-10(15(20)21)4-5-12(11)19(14)13-6-7-18(3)17-13/h4-9H,1-3H3,(H,20,21). The van der Waals surface area contributed by atoms with E-state index in [1.54, 1.807) is 22.9 Å². The molecule has 1 aromatic carbocycles. The van der Waals surface area contributed by atoms with Crippen LogP contribution in [-0.4, -0.2) is 30.4 Å². The van der Waals surface area contributed by atoms with Crippen LogP contribution in [0, 0.1) is 0 Å². The first kappa shape index (κ1) is 13.4. The Morgan fingerprint density at radius 2 is 2.05 bits per heavy atom. The largest absolute Gasteiger partial charge is 0.478 e. The fourth-order valence-corrected chi connectivity index (χ4v) is 2.38. The zero-order valence-electron chi connectivity index (χ0n) is 12.1. The maximum atomic E-state index is 11.1. The van der Waals surface area contributed by atoms with Crippen LogP contribution in [0.15, 0.2) is 30.5 Å². The Hall–Kier alpha value is -2.63. The summed E-state index contributed by atoms with van der Waals surface area (Å²) in [5, 5.41) is 13.5. The Labute approximate surface area is 121 Å². The van der Waals surface area contributed by atoms with Gasteiger partial charge in [0.15, 0.2) is 5.82 Å². The van der Waals surface area contributed by atoms with Crippen LogP contribution < -0.4 is 0 Å². The first-order valence-corrected chi connectivity index (χ1v) is 6.73. The summed E-state index contributed by atoms with van der Waals surface area (Å²) in [7, 11) is 1.86. The molecule has 3 rings (SSSR count). The number of hydrogen-bond acceptors (Lipinski definition) is 3. The number of rotatable bonds is 3. The first-order chi connectivity index (χ1) is 9.97. The number of imidazole rings is 1. The topological polar surface area (TPSA) is 72.9 Å². The molecule has 3 aromatic rings. The zero-order chi connectivity index (χ0) is 15.1. The van der Waals surface area contributed by atoms with Crippen LogP contribution in [0.4, 0.5) is 0 Å². The lowest BCUT2D eigenvalue weighted by atomic mass is 10.2. The molecule has 0 aliphatic heterocycles. The molecule has 2 heterocycles. The minimum absolute atomic E-state index is 0.202. The van der Waals surface area contributed by atoms with Crippen LogP contribution in [0.1, 0.15) is 35.9 Å². The molecule has 0 aliphatic carbocycles. The van der Waals surface area contributed by atoms with Crippen molar-refractivity contribution in [2.45, 2.75) is 19.8 Å². The third-order valence-corrected chi connectivity index (χ3v) is 3.37. The monoisotopic (exact) mass is 284 g/mol. The fourth-order valence-electron chi connectivity index (χ4n) is 2.38. The lowest BCUT2D eigenvalue weighted by Crippen LogP contribution is -2.04. The van der Waals surface area contributed by atoms with Gasteiger partial charge in [0, 0.05) is 25.2 Å². The van der Waals surface area contributed by atoms with E-state index in [0.29, 0.717) is 5.52 Å². The Kier molecular flexibility index (Phi) is 3.01. The Balaban J connectivity index is 2.30. The van der Waals surface area contributed by atoms with Crippen LogP contribution >= 0.6 is 0 Å². The van der Waals surface area contributed by atoms with E-state index in [9.17, 15) is 4.79 Å². The number of nitrogens with zero attached hydrogens (tertiary/aromatic N) is 4. The number of aryl methyl sites for hydroxylation is 1. The molecule has 0 amide bonds. The average molecular weight is 284 g/mol. The molecular formula is C15H16N4O2. The molecule has 21 heavy (non-hydrogen) atoms. The SMILES string of the molecule is CC(C)c1nc2cc(C(=O)O)ccc2n1-c1ccn(C)n1. The second-order valence-corrected chi connectivity index (χ2v) is 5.32. The van der Waals surface area contributed by atoms with Crippen molar-refractivity contribution >= 4 is 17.0 Å². The van der Waals surface area contributed by atoms with E-state index in [0.717, 1.165) is 17.2 Å². The van der Waals surface area contributed by atoms with Gasteiger partial charge in [0.25, 0.3) is 0 Å². The van der Waals surface area contributed by atoms with Gasteiger partial charge in [0.1, 0.15) is 5.82 Å². The van der Waals surface area contributed by atoms with Crippen molar-refractivity contribution in [2.24, 2.45) is 7.05 Å². The summed E-state index contributed by atoms with van der Waals surface area (Å²) in [6.45, 7) is 4.11. The van der Waals surface area contributed by atoms with E-state index in [2.05, 4.69) is 23.9 Å². The molecular weight excluding hydrogens is 268 g/mol. The number of fused-ring (bicyclic) bond motifs is 1. The van der Waals surface area contributed by atoms with E-state index >= 15 is 0 Å². The van der Waals surface area contributed by atoms with Crippen LogP contribution in [0.25, 0.3) is 16.9 Å². The van der Waals surface area contributed by atoms with E-state index in [4.69, 9.17) is 5.11 Å². The highest BCUT2D eigenvalue weighted by atomic mass is 16.4. The zero-order valence-corrected chi connectivity index (χ0v) is 12.1. The van der Waals surface area contributed by atoms with Crippen LogP contribution in [-0.2, 0) is 7.05 Å². The van der Waals surface area contributed by atoms with Gasteiger partial charge in [-0.15, -0.1) is 0 Å². The van der Waals surface area contributed by atoms with Gasteiger partial charge >= 0.3 is 5.97 Å². The molecule has 0 saturated heterocycles. The van der Waals surface area contributed by atoms with Gasteiger partial charge in [-0.05, 0) is 18.2 Å². The lowest BCUT2D eigenvalue weighted by Gasteiger charge is -2.08. The Morgan fingerprint density at radius 1 is 1.29 bits per heavy atom. The second kappa shape index (κ2) is 4.73. The number of hydrogen-bond donors (Lipinski definition) is 1. The number of carboxylic acid groups (broad SMARTS) is 1. The average Bonchev–Trinajstić information content (AvgIpc) is 3.00. The molecule has 2 aromatic heterocycles. The van der Waals surface area contributed by atoms with Gasteiger partial charge < -0.3 is 5.11 Å². The highest BCUT2D eigenvalue weighted by molar-refractivity contribution is 5.92. The van der Waals surface area contributed by atoms with Crippen LogP contribution in [0.5, 0.6) is 0 Å². The van der Waals surface area contributed by atoms with Crippen LogP contribution in [0.3, 0.4) is 0 Å². The minimum Gasteiger partial charge on any atom is -0.478 e. The van der Waals surface area contributed by atoms with Gasteiger partial charge in [-0.3, -0.25) is 9.25 Å². The van der Waals surface area contributed by atoms with Crippen LogP contribution in [0.2, 0.25) is 0 Å². The highest BCUT2D eigenvalue weighted by Crippen LogP contribution is 2.26. The molecule has 6 nitrogen and oxygen atoms in total. The lowest BCUT2D eigenvalue weighted by molar-refractivity contribution is 0.0697. The van der Waals surface area contributed by atoms with Crippen molar-refractivity contribution < 1.29 is 9.90 Å². The van der Waals surface area contributed by atoms with Crippen molar-refractivity contribution in [3.05, 3.63) is 41.9 Å². The summed E-state index contributed by atoms with van der Waals surface area (Å²) in [6, 6.07) is 6.89. The van der Waals surface area contributed by atoms with E-state index in [1.807, 2.05) is 23.9 Å². The smallest absolute Gasteiger partial charge is 0.335 e. The molecule has 0 bridgehead atoms. The molecule has 108 valence electrons. The maximum Gasteiger partial charge on any atom is 0.335 e. The molecule has 0 aliphatic rings. The number of benzene rings is 1. The van der Waals surface area contributed by atoms with Crippen molar-refractivity contribution in [1.82, 2.24) is 19.3 Å². The molecule has 1 N–H and O–H groups in total.